The number of quaternary nitrogens is 1. The lowest BCUT2D eigenvalue weighted by molar-refractivity contribution is -0.927. The van der Waals surface area contributed by atoms with E-state index in [1.54, 1.807) is 6.07 Å². The van der Waals surface area contributed by atoms with Crippen LogP contribution >= 0.6 is 15.9 Å². The van der Waals surface area contributed by atoms with Gasteiger partial charge in [-0.25, -0.2) is 4.79 Å². The van der Waals surface area contributed by atoms with Gasteiger partial charge in [-0.15, -0.1) is 0 Å². The third-order valence-electron chi connectivity index (χ3n) is 3.08. The SMILES string of the molecule is C[NH+](CCOC(=O)c1ccccc1Br)C(C)(C)C. The molecule has 0 saturated heterocycles. The summed E-state index contributed by atoms with van der Waals surface area (Å²) >= 11 is 3.34. The molecule has 0 saturated carbocycles. The molecule has 0 aliphatic rings. The first-order valence-electron chi connectivity index (χ1n) is 6.07. The number of benzene rings is 1. The van der Waals surface area contributed by atoms with Crippen LogP contribution in [0.5, 0.6) is 0 Å². The van der Waals surface area contributed by atoms with Crippen LogP contribution in [-0.4, -0.2) is 31.7 Å². The van der Waals surface area contributed by atoms with E-state index in [0.29, 0.717) is 12.2 Å². The van der Waals surface area contributed by atoms with Gasteiger partial charge in [-0.2, -0.15) is 0 Å². The van der Waals surface area contributed by atoms with Crippen LogP contribution in [0.2, 0.25) is 0 Å². The van der Waals surface area contributed by atoms with Crippen LogP contribution in [0.25, 0.3) is 0 Å². The van der Waals surface area contributed by atoms with Gasteiger partial charge in [0, 0.05) is 4.47 Å². The zero-order valence-corrected chi connectivity index (χ0v) is 13.0. The molecule has 0 aliphatic carbocycles. The average Bonchev–Trinajstić information content (AvgIpc) is 2.28. The van der Waals surface area contributed by atoms with E-state index < -0.39 is 0 Å². The van der Waals surface area contributed by atoms with Crippen molar-refractivity contribution in [3.8, 4) is 0 Å². The molecule has 3 nitrogen and oxygen atoms in total. The van der Waals surface area contributed by atoms with Gasteiger partial charge in [0.05, 0.1) is 18.2 Å². The summed E-state index contributed by atoms with van der Waals surface area (Å²) in [5.74, 6) is -0.274. The number of carbonyl (C=O) groups excluding carboxylic acids is 1. The van der Waals surface area contributed by atoms with Gasteiger partial charge in [-0.3, -0.25) is 0 Å². The number of esters is 1. The van der Waals surface area contributed by atoms with Gasteiger partial charge in [0.15, 0.2) is 0 Å². The van der Waals surface area contributed by atoms with E-state index in [9.17, 15) is 4.79 Å². The van der Waals surface area contributed by atoms with Crippen molar-refractivity contribution >= 4 is 21.9 Å². The maximum Gasteiger partial charge on any atom is 0.339 e. The first-order valence-corrected chi connectivity index (χ1v) is 6.86. The summed E-state index contributed by atoms with van der Waals surface area (Å²) in [5, 5.41) is 0. The first-order chi connectivity index (χ1) is 8.32. The molecule has 0 aliphatic heterocycles. The third kappa shape index (κ3) is 4.42. The van der Waals surface area contributed by atoms with Crippen LogP contribution < -0.4 is 4.90 Å². The standard InChI is InChI=1S/C14H20BrNO2/c1-14(2,3)16(4)9-10-18-13(17)11-7-5-6-8-12(11)15/h5-8H,9-10H2,1-4H3/p+1. The van der Waals surface area contributed by atoms with Gasteiger partial charge in [0.25, 0.3) is 0 Å². The highest BCUT2D eigenvalue weighted by atomic mass is 79.9. The monoisotopic (exact) mass is 314 g/mol. The summed E-state index contributed by atoms with van der Waals surface area (Å²) in [6.45, 7) is 7.73. The second-order valence-electron chi connectivity index (χ2n) is 5.40. The predicted molar refractivity (Wildman–Crippen MR) is 75.9 cm³/mol. The zero-order chi connectivity index (χ0) is 13.8. The van der Waals surface area contributed by atoms with Crippen molar-refractivity contribution in [2.75, 3.05) is 20.2 Å². The molecule has 1 atom stereocenters. The number of hydrogen-bond acceptors (Lipinski definition) is 2. The molecule has 0 aromatic heterocycles. The van der Waals surface area contributed by atoms with Gasteiger partial charge in [-0.05, 0) is 48.8 Å². The summed E-state index contributed by atoms with van der Waals surface area (Å²) in [4.78, 5) is 13.2. The molecule has 4 heteroatoms. The van der Waals surface area contributed by atoms with E-state index in [-0.39, 0.29) is 11.5 Å². The van der Waals surface area contributed by atoms with Crippen LogP contribution in [0.15, 0.2) is 28.7 Å². The van der Waals surface area contributed by atoms with E-state index in [1.165, 1.54) is 4.90 Å². The Morgan fingerprint density at radius 2 is 1.94 bits per heavy atom. The topological polar surface area (TPSA) is 30.7 Å². The number of nitrogens with one attached hydrogen (secondary N) is 1. The average molecular weight is 315 g/mol. The van der Waals surface area contributed by atoms with E-state index in [4.69, 9.17) is 4.74 Å². The number of likely N-dealkylation sites (N-methyl/N-ethyl adjacent to an activating group) is 1. The van der Waals surface area contributed by atoms with Gasteiger partial charge in [0.1, 0.15) is 13.2 Å². The lowest BCUT2D eigenvalue weighted by Gasteiger charge is -2.28. The molecule has 1 aromatic carbocycles. The minimum absolute atomic E-state index is 0.166. The Bertz CT molecular complexity index is 413. The molecule has 0 spiro atoms. The van der Waals surface area contributed by atoms with Crippen LogP contribution in [0, 0.1) is 0 Å². The van der Waals surface area contributed by atoms with E-state index in [2.05, 4.69) is 43.7 Å². The molecule has 0 amide bonds. The van der Waals surface area contributed by atoms with Crippen molar-refractivity contribution in [1.82, 2.24) is 0 Å². The molecular formula is C14H21BrNO2+. The maximum atomic E-state index is 11.8. The third-order valence-corrected chi connectivity index (χ3v) is 3.78. The highest BCUT2D eigenvalue weighted by Crippen LogP contribution is 2.16. The quantitative estimate of drug-likeness (QED) is 0.861. The molecule has 1 rings (SSSR count). The molecule has 1 unspecified atom stereocenters. The largest absolute Gasteiger partial charge is 0.456 e. The Balaban J connectivity index is 2.46. The Morgan fingerprint density at radius 1 is 1.33 bits per heavy atom. The first kappa shape index (κ1) is 15.2. The highest BCUT2D eigenvalue weighted by molar-refractivity contribution is 9.10. The minimum Gasteiger partial charge on any atom is -0.456 e. The van der Waals surface area contributed by atoms with Crippen LogP contribution in [0.3, 0.4) is 0 Å². The van der Waals surface area contributed by atoms with Crippen molar-refractivity contribution < 1.29 is 14.4 Å². The summed E-state index contributed by atoms with van der Waals surface area (Å²) in [6.07, 6.45) is 0. The lowest BCUT2D eigenvalue weighted by atomic mass is 10.1. The van der Waals surface area contributed by atoms with Crippen LogP contribution in [0.1, 0.15) is 31.1 Å². The Hall–Kier alpha value is -0.870. The van der Waals surface area contributed by atoms with E-state index in [1.807, 2.05) is 18.2 Å². The molecule has 1 aromatic rings. The number of ether oxygens (including phenoxy) is 1. The molecule has 0 radical (unpaired) electrons. The smallest absolute Gasteiger partial charge is 0.339 e. The number of rotatable bonds is 4. The molecule has 1 N–H and O–H groups in total. The zero-order valence-electron chi connectivity index (χ0n) is 11.4. The minimum atomic E-state index is -0.274. The second-order valence-corrected chi connectivity index (χ2v) is 6.25. The van der Waals surface area contributed by atoms with Gasteiger partial charge in [0.2, 0.25) is 0 Å². The van der Waals surface area contributed by atoms with Gasteiger partial charge < -0.3 is 9.64 Å². The number of carbonyl (C=O) groups is 1. The number of halogens is 1. The van der Waals surface area contributed by atoms with Gasteiger partial charge >= 0.3 is 5.97 Å². The Morgan fingerprint density at radius 3 is 2.50 bits per heavy atom. The Labute approximate surface area is 117 Å². The molecule has 0 bridgehead atoms. The fourth-order valence-electron chi connectivity index (χ4n) is 1.38. The van der Waals surface area contributed by atoms with Crippen molar-refractivity contribution in [2.24, 2.45) is 0 Å². The highest BCUT2D eigenvalue weighted by Gasteiger charge is 2.21. The molecule has 18 heavy (non-hydrogen) atoms. The predicted octanol–water partition coefficient (Wildman–Crippen LogP) is 1.92. The number of hydrogen-bond donors (Lipinski definition) is 1. The van der Waals surface area contributed by atoms with Crippen molar-refractivity contribution in [3.63, 3.8) is 0 Å². The second kappa shape index (κ2) is 6.34. The fraction of sp³-hybridized carbons (Fsp3) is 0.500. The van der Waals surface area contributed by atoms with E-state index in [0.717, 1.165) is 11.0 Å². The fourth-order valence-corrected chi connectivity index (χ4v) is 1.82. The Kier molecular flexibility index (Phi) is 5.35. The lowest BCUT2D eigenvalue weighted by Crippen LogP contribution is -3.16. The van der Waals surface area contributed by atoms with Crippen molar-refractivity contribution in [3.05, 3.63) is 34.3 Å². The molecule has 0 fully saturated rings. The summed E-state index contributed by atoms with van der Waals surface area (Å²) in [7, 11) is 2.10. The van der Waals surface area contributed by atoms with E-state index >= 15 is 0 Å². The van der Waals surface area contributed by atoms with Crippen molar-refractivity contribution in [1.29, 1.82) is 0 Å². The molecular weight excluding hydrogens is 294 g/mol. The van der Waals surface area contributed by atoms with Crippen LogP contribution in [-0.2, 0) is 4.74 Å². The summed E-state index contributed by atoms with van der Waals surface area (Å²) in [6, 6.07) is 7.29. The molecule has 0 heterocycles. The van der Waals surface area contributed by atoms with Crippen LogP contribution in [0.4, 0.5) is 0 Å². The normalized spacial score (nSPS) is 13.2. The van der Waals surface area contributed by atoms with Gasteiger partial charge in [-0.1, -0.05) is 12.1 Å². The summed E-state index contributed by atoms with van der Waals surface area (Å²) in [5.41, 5.74) is 0.741. The maximum absolute atomic E-state index is 11.8. The summed E-state index contributed by atoms with van der Waals surface area (Å²) < 4.78 is 6.05. The van der Waals surface area contributed by atoms with Crippen molar-refractivity contribution in [2.45, 2.75) is 26.3 Å². The molecule has 100 valence electrons.